The molecule has 2 heterocycles. The summed E-state index contributed by atoms with van der Waals surface area (Å²) in [4.78, 5) is 7.96. The maximum Gasteiger partial charge on any atom is 0.242 e. The number of hydrogen-bond acceptors (Lipinski definition) is 6. The molecular weight excluding hydrogens is 184 g/mol. The molecule has 0 fully saturated rings. The van der Waals surface area contributed by atoms with E-state index in [0.29, 0.717) is 11.6 Å². The summed E-state index contributed by atoms with van der Waals surface area (Å²) >= 11 is 0. The first-order valence-electron chi connectivity index (χ1n) is 4.04. The van der Waals surface area contributed by atoms with Crippen molar-refractivity contribution in [1.29, 1.82) is 0 Å². The van der Waals surface area contributed by atoms with Crippen LogP contribution in [0.25, 0.3) is 5.70 Å². The number of nitrogens with one attached hydrogen (secondary N) is 1. The molecule has 6 heteroatoms. The summed E-state index contributed by atoms with van der Waals surface area (Å²) in [5, 5.41) is 2.84. The molecule has 0 aromatic carbocycles. The molecule has 74 valence electrons. The molecule has 14 heavy (non-hydrogen) atoms. The lowest BCUT2D eigenvalue weighted by molar-refractivity contribution is 0.147. The van der Waals surface area contributed by atoms with Crippen LogP contribution in [-0.2, 0) is 4.74 Å². The average molecular weight is 194 g/mol. The predicted octanol–water partition coefficient (Wildman–Crippen LogP) is -0.0941. The predicted molar refractivity (Wildman–Crippen MR) is 50.0 cm³/mol. The first kappa shape index (κ1) is 8.76. The van der Waals surface area contributed by atoms with Gasteiger partial charge in [-0.1, -0.05) is 0 Å². The largest absolute Gasteiger partial charge is 0.443 e. The second-order valence-corrected chi connectivity index (χ2v) is 2.68. The van der Waals surface area contributed by atoms with E-state index in [1.807, 2.05) is 0 Å². The van der Waals surface area contributed by atoms with Crippen LogP contribution >= 0.6 is 0 Å². The van der Waals surface area contributed by atoms with Gasteiger partial charge in [0.05, 0.1) is 6.20 Å². The molecular formula is C8H10N4O2. The molecule has 2 rings (SSSR count). The first-order chi connectivity index (χ1) is 6.79. The van der Waals surface area contributed by atoms with Gasteiger partial charge in [-0.3, -0.25) is 0 Å². The number of aromatic nitrogens is 1. The van der Waals surface area contributed by atoms with Crippen LogP contribution in [0.1, 0.15) is 5.89 Å². The molecule has 0 saturated carbocycles. The van der Waals surface area contributed by atoms with Crippen molar-refractivity contribution in [2.24, 2.45) is 10.7 Å². The summed E-state index contributed by atoms with van der Waals surface area (Å²) in [7, 11) is 1.55. The molecule has 6 nitrogen and oxygen atoms in total. The minimum absolute atomic E-state index is 0.285. The van der Waals surface area contributed by atoms with Crippen molar-refractivity contribution in [2.45, 2.75) is 6.23 Å². The van der Waals surface area contributed by atoms with E-state index < -0.39 is 6.23 Å². The van der Waals surface area contributed by atoms with Gasteiger partial charge in [-0.25, -0.2) is 9.98 Å². The SMILES string of the molecule is COC1C=C(c2ncco2)NC(N)=N1. The number of guanidine groups is 1. The molecule has 1 atom stereocenters. The number of oxazole rings is 1. The van der Waals surface area contributed by atoms with Crippen LogP contribution in [0.2, 0.25) is 0 Å². The van der Waals surface area contributed by atoms with E-state index in [9.17, 15) is 0 Å². The lowest BCUT2D eigenvalue weighted by Crippen LogP contribution is -2.35. The lowest BCUT2D eigenvalue weighted by Gasteiger charge is -2.16. The Morgan fingerprint density at radius 2 is 2.50 bits per heavy atom. The summed E-state index contributed by atoms with van der Waals surface area (Å²) in [6, 6.07) is 0. The standard InChI is InChI=1S/C8H10N4O2/c1-13-6-4-5(11-8(9)12-6)7-10-2-3-14-7/h2-4,6H,1H3,(H3,9,11,12). The Kier molecular flexibility index (Phi) is 2.19. The maximum atomic E-state index is 5.55. The fraction of sp³-hybridized carbons (Fsp3) is 0.250. The van der Waals surface area contributed by atoms with E-state index in [4.69, 9.17) is 14.9 Å². The van der Waals surface area contributed by atoms with Crippen LogP contribution < -0.4 is 11.1 Å². The number of rotatable bonds is 2. The summed E-state index contributed by atoms with van der Waals surface area (Å²) in [6.07, 6.45) is 4.39. The zero-order chi connectivity index (χ0) is 9.97. The summed E-state index contributed by atoms with van der Waals surface area (Å²) in [5.74, 6) is 0.748. The van der Waals surface area contributed by atoms with Crippen LogP contribution in [0, 0.1) is 0 Å². The number of methoxy groups -OCH3 is 1. The third-order valence-electron chi connectivity index (χ3n) is 1.74. The molecule has 1 aromatic heterocycles. The van der Waals surface area contributed by atoms with Gasteiger partial charge in [0, 0.05) is 7.11 Å². The van der Waals surface area contributed by atoms with Gasteiger partial charge < -0.3 is 20.2 Å². The summed E-state index contributed by atoms with van der Waals surface area (Å²) in [5.41, 5.74) is 6.21. The average Bonchev–Trinajstić information content (AvgIpc) is 2.69. The topological polar surface area (TPSA) is 85.7 Å². The molecule has 1 aliphatic rings. The molecule has 1 aliphatic heterocycles. The highest BCUT2D eigenvalue weighted by molar-refractivity contribution is 5.88. The van der Waals surface area contributed by atoms with Crippen molar-refractivity contribution in [1.82, 2.24) is 10.3 Å². The Morgan fingerprint density at radius 3 is 3.14 bits per heavy atom. The third-order valence-corrected chi connectivity index (χ3v) is 1.74. The Morgan fingerprint density at radius 1 is 1.64 bits per heavy atom. The van der Waals surface area contributed by atoms with Gasteiger partial charge in [0.25, 0.3) is 0 Å². The second-order valence-electron chi connectivity index (χ2n) is 2.68. The normalized spacial score (nSPS) is 21.1. The lowest BCUT2D eigenvalue weighted by atomic mass is 10.3. The molecule has 0 saturated heterocycles. The van der Waals surface area contributed by atoms with Crippen molar-refractivity contribution in [3.05, 3.63) is 24.4 Å². The number of ether oxygens (including phenoxy) is 1. The van der Waals surface area contributed by atoms with Crippen LogP contribution in [0.15, 0.2) is 27.9 Å². The molecule has 0 aliphatic carbocycles. The van der Waals surface area contributed by atoms with Crippen molar-refractivity contribution in [3.63, 3.8) is 0 Å². The van der Waals surface area contributed by atoms with Gasteiger partial charge in [0.2, 0.25) is 5.89 Å². The third kappa shape index (κ3) is 1.60. The van der Waals surface area contributed by atoms with Crippen LogP contribution in [-0.4, -0.2) is 24.3 Å². The van der Waals surface area contributed by atoms with E-state index in [1.165, 1.54) is 6.26 Å². The Bertz CT molecular complexity index is 369. The molecule has 0 amide bonds. The molecule has 0 spiro atoms. The molecule has 1 aromatic rings. The van der Waals surface area contributed by atoms with E-state index in [1.54, 1.807) is 19.4 Å². The van der Waals surface area contributed by atoms with Crippen molar-refractivity contribution >= 4 is 11.7 Å². The number of nitrogens with zero attached hydrogens (tertiary/aromatic N) is 2. The van der Waals surface area contributed by atoms with E-state index in [-0.39, 0.29) is 5.96 Å². The molecule has 0 radical (unpaired) electrons. The van der Waals surface area contributed by atoms with Crippen LogP contribution in [0.3, 0.4) is 0 Å². The number of aliphatic imine (C=N–C) groups is 1. The Balaban J connectivity index is 2.25. The highest BCUT2D eigenvalue weighted by atomic mass is 16.5. The van der Waals surface area contributed by atoms with Gasteiger partial charge in [-0.2, -0.15) is 0 Å². The zero-order valence-electron chi connectivity index (χ0n) is 7.60. The number of hydrogen-bond donors (Lipinski definition) is 2. The van der Waals surface area contributed by atoms with Crippen LogP contribution in [0.5, 0.6) is 0 Å². The van der Waals surface area contributed by atoms with Crippen molar-refractivity contribution in [3.8, 4) is 0 Å². The van der Waals surface area contributed by atoms with Gasteiger partial charge >= 0.3 is 0 Å². The van der Waals surface area contributed by atoms with E-state index >= 15 is 0 Å². The fourth-order valence-corrected chi connectivity index (χ4v) is 1.13. The van der Waals surface area contributed by atoms with Crippen LogP contribution in [0.4, 0.5) is 0 Å². The monoisotopic (exact) mass is 194 g/mol. The zero-order valence-corrected chi connectivity index (χ0v) is 7.60. The highest BCUT2D eigenvalue weighted by Crippen LogP contribution is 2.13. The van der Waals surface area contributed by atoms with E-state index in [2.05, 4.69) is 15.3 Å². The minimum atomic E-state index is -0.391. The quantitative estimate of drug-likeness (QED) is 0.687. The second kappa shape index (κ2) is 3.51. The highest BCUT2D eigenvalue weighted by Gasteiger charge is 2.16. The van der Waals surface area contributed by atoms with Gasteiger partial charge in [-0.05, 0) is 6.08 Å². The molecule has 1 unspecified atom stereocenters. The van der Waals surface area contributed by atoms with Crippen molar-refractivity contribution < 1.29 is 9.15 Å². The maximum absolute atomic E-state index is 5.55. The van der Waals surface area contributed by atoms with Gasteiger partial charge in [0.1, 0.15) is 12.0 Å². The molecule has 3 N–H and O–H groups in total. The number of nitrogens with two attached hydrogens (primary N) is 1. The first-order valence-corrected chi connectivity index (χ1v) is 4.04. The Hall–Kier alpha value is -1.82. The molecule has 0 bridgehead atoms. The Labute approximate surface area is 80.5 Å². The smallest absolute Gasteiger partial charge is 0.242 e. The van der Waals surface area contributed by atoms with Crippen molar-refractivity contribution in [2.75, 3.05) is 7.11 Å². The van der Waals surface area contributed by atoms with Gasteiger partial charge in [0.15, 0.2) is 12.2 Å². The summed E-state index contributed by atoms with van der Waals surface area (Å²) < 4.78 is 10.1. The van der Waals surface area contributed by atoms with E-state index in [0.717, 1.165) is 0 Å². The fourth-order valence-electron chi connectivity index (χ4n) is 1.13. The summed E-state index contributed by atoms with van der Waals surface area (Å²) in [6.45, 7) is 0. The minimum Gasteiger partial charge on any atom is -0.443 e. The van der Waals surface area contributed by atoms with Gasteiger partial charge in [-0.15, -0.1) is 0 Å².